The zero-order valence-corrected chi connectivity index (χ0v) is 18.8. The molecule has 1 aromatic heterocycles. The second-order valence-electron chi connectivity index (χ2n) is 7.63. The monoisotopic (exact) mass is 482 g/mol. The van der Waals surface area contributed by atoms with Crippen LogP contribution in [0.5, 0.6) is 5.75 Å². The van der Waals surface area contributed by atoms with Crippen molar-refractivity contribution >= 4 is 62.8 Å². The first-order valence-corrected chi connectivity index (χ1v) is 10.8. The van der Waals surface area contributed by atoms with Crippen LogP contribution in [0.15, 0.2) is 42.5 Å². The van der Waals surface area contributed by atoms with Gasteiger partial charge in [-0.15, -0.1) is 0 Å². The number of carbonyl (C=O) groups is 3. The van der Waals surface area contributed by atoms with Crippen LogP contribution in [0.25, 0.3) is 32.9 Å². The molecule has 0 saturated heterocycles. The van der Waals surface area contributed by atoms with E-state index >= 15 is 0 Å². The van der Waals surface area contributed by atoms with E-state index in [-0.39, 0.29) is 24.1 Å². The van der Waals surface area contributed by atoms with Gasteiger partial charge in [-0.2, -0.15) is 0 Å². The lowest BCUT2D eigenvalue weighted by molar-refractivity contribution is -0.137. The maximum Gasteiger partial charge on any atom is 0.305 e. The number of carbonyl (C=O) groups excluding carboxylic acids is 2. The Hall–Kier alpha value is -3.55. The highest BCUT2D eigenvalue weighted by Gasteiger charge is 2.35. The number of nitrogens with one attached hydrogen (secondary N) is 1. The molecule has 0 bridgehead atoms. The zero-order chi connectivity index (χ0) is 23.4. The van der Waals surface area contributed by atoms with Gasteiger partial charge in [0.25, 0.3) is 11.8 Å². The lowest BCUT2D eigenvalue weighted by Gasteiger charge is -2.13. The maximum atomic E-state index is 13.0. The molecule has 1 aliphatic rings. The Kier molecular flexibility index (Phi) is 5.03. The molecule has 1 aliphatic heterocycles. The lowest BCUT2D eigenvalue weighted by atomic mass is 9.92. The molecule has 0 aliphatic carbocycles. The molecule has 0 atom stereocenters. The molecule has 0 radical (unpaired) electrons. The van der Waals surface area contributed by atoms with Crippen molar-refractivity contribution in [3.05, 3.63) is 63.6 Å². The van der Waals surface area contributed by atoms with Gasteiger partial charge in [-0.05, 0) is 36.4 Å². The molecule has 3 aromatic carbocycles. The van der Waals surface area contributed by atoms with E-state index in [1.807, 2.05) is 4.57 Å². The summed E-state index contributed by atoms with van der Waals surface area (Å²) in [7, 11) is 1.53. The van der Waals surface area contributed by atoms with Crippen molar-refractivity contribution in [1.29, 1.82) is 0 Å². The molecule has 0 unspecified atom stereocenters. The van der Waals surface area contributed by atoms with Crippen LogP contribution in [0.2, 0.25) is 10.0 Å². The van der Waals surface area contributed by atoms with Gasteiger partial charge < -0.3 is 14.4 Å². The van der Waals surface area contributed by atoms with Crippen molar-refractivity contribution in [2.45, 2.75) is 13.0 Å². The highest BCUT2D eigenvalue weighted by molar-refractivity contribution is 6.41. The molecule has 5 rings (SSSR count). The highest BCUT2D eigenvalue weighted by Crippen LogP contribution is 2.44. The third-order valence-electron chi connectivity index (χ3n) is 5.82. The summed E-state index contributed by atoms with van der Waals surface area (Å²) in [5, 5.41) is 13.5. The first kappa shape index (κ1) is 21.3. The molecule has 0 spiro atoms. The average Bonchev–Trinajstić information content (AvgIpc) is 3.24. The molecular formula is C24H16Cl2N2O5. The molecule has 7 nitrogen and oxygen atoms in total. The topological polar surface area (TPSA) is 97.6 Å². The summed E-state index contributed by atoms with van der Waals surface area (Å²) in [6.45, 7) is 0.158. The number of amides is 2. The summed E-state index contributed by atoms with van der Waals surface area (Å²) in [5.74, 6) is -1.47. The molecule has 166 valence electrons. The second-order valence-corrected chi connectivity index (χ2v) is 8.44. The van der Waals surface area contributed by atoms with E-state index in [2.05, 4.69) is 5.32 Å². The highest BCUT2D eigenvalue weighted by atomic mass is 35.5. The van der Waals surface area contributed by atoms with Gasteiger partial charge in [0.15, 0.2) is 0 Å². The number of halogens is 2. The number of aliphatic carboxylic acids is 1. The van der Waals surface area contributed by atoms with E-state index in [0.717, 1.165) is 0 Å². The summed E-state index contributed by atoms with van der Waals surface area (Å²) in [4.78, 5) is 37.2. The second kappa shape index (κ2) is 7.79. The lowest BCUT2D eigenvalue weighted by Crippen LogP contribution is -2.20. The smallest absolute Gasteiger partial charge is 0.305 e. The van der Waals surface area contributed by atoms with Crippen molar-refractivity contribution in [2.75, 3.05) is 7.11 Å². The number of methoxy groups -OCH3 is 1. The van der Waals surface area contributed by atoms with Crippen LogP contribution in [0.1, 0.15) is 27.1 Å². The van der Waals surface area contributed by atoms with E-state index in [0.29, 0.717) is 48.7 Å². The van der Waals surface area contributed by atoms with Gasteiger partial charge in [0.2, 0.25) is 0 Å². The Morgan fingerprint density at radius 2 is 1.70 bits per heavy atom. The number of rotatable bonds is 5. The van der Waals surface area contributed by atoms with Crippen LogP contribution in [0.4, 0.5) is 0 Å². The largest absolute Gasteiger partial charge is 0.497 e. The predicted molar refractivity (Wildman–Crippen MR) is 126 cm³/mol. The zero-order valence-electron chi connectivity index (χ0n) is 17.2. The quantitative estimate of drug-likeness (QED) is 0.384. The van der Waals surface area contributed by atoms with E-state index < -0.39 is 17.8 Å². The van der Waals surface area contributed by atoms with E-state index in [4.69, 9.17) is 27.9 Å². The number of aryl methyl sites for hydroxylation is 1. The molecule has 2 heterocycles. The van der Waals surface area contributed by atoms with Gasteiger partial charge in [0.1, 0.15) is 5.75 Å². The summed E-state index contributed by atoms with van der Waals surface area (Å²) in [6, 6.07) is 12.1. The molecule has 2 N–H and O–H groups in total. The Morgan fingerprint density at radius 3 is 2.36 bits per heavy atom. The summed E-state index contributed by atoms with van der Waals surface area (Å²) in [6.07, 6.45) is -0.130. The van der Waals surface area contributed by atoms with E-state index in [1.54, 1.807) is 42.5 Å². The first-order valence-electron chi connectivity index (χ1n) is 10.0. The predicted octanol–water partition coefficient (Wildman–Crippen LogP) is 5.14. The van der Waals surface area contributed by atoms with Crippen molar-refractivity contribution in [2.24, 2.45) is 0 Å². The standard InChI is InChI=1S/C24H16Cl2N2O5/c1-33-11-5-6-16-12(9-11)20-17(28(16)8-7-18(29)30)10-13(19-14(25)3-2-4-15(19)26)21-22(20)24(32)27-23(21)31/h2-6,9-10H,7-8H2,1H3,(H,29,30)(H,27,31,32). The summed E-state index contributed by atoms with van der Waals surface area (Å²) in [5.41, 5.74) is 2.52. The Morgan fingerprint density at radius 1 is 1.00 bits per heavy atom. The van der Waals surface area contributed by atoms with Crippen LogP contribution >= 0.6 is 23.2 Å². The molecule has 4 aromatic rings. The fourth-order valence-corrected chi connectivity index (χ4v) is 5.05. The number of imide groups is 1. The SMILES string of the molecule is COc1ccc2c(c1)c1c3c(c(-c4c(Cl)cccc4Cl)cc1n2CCC(=O)O)C(=O)NC3=O. The van der Waals surface area contributed by atoms with E-state index in [1.165, 1.54) is 7.11 Å². The Balaban J connectivity index is 1.98. The molecule has 0 saturated carbocycles. The number of carboxylic acid groups (broad SMARTS) is 1. The van der Waals surface area contributed by atoms with Gasteiger partial charge >= 0.3 is 5.97 Å². The first-order chi connectivity index (χ1) is 15.8. The summed E-state index contributed by atoms with van der Waals surface area (Å²) >= 11 is 12.9. The fourth-order valence-electron chi connectivity index (χ4n) is 4.45. The third kappa shape index (κ3) is 3.23. The van der Waals surface area contributed by atoms with E-state index in [9.17, 15) is 19.5 Å². The Labute approximate surface area is 197 Å². The number of hydrogen-bond donors (Lipinski definition) is 2. The maximum absolute atomic E-state index is 13.0. The van der Waals surface area contributed by atoms with Crippen LogP contribution in [0, 0.1) is 0 Å². The minimum Gasteiger partial charge on any atom is -0.497 e. The van der Waals surface area contributed by atoms with Gasteiger partial charge in [-0.3, -0.25) is 19.7 Å². The van der Waals surface area contributed by atoms with Crippen LogP contribution in [0.3, 0.4) is 0 Å². The normalized spacial score (nSPS) is 12.9. The van der Waals surface area contributed by atoms with Crippen molar-refractivity contribution in [3.63, 3.8) is 0 Å². The van der Waals surface area contributed by atoms with Crippen molar-refractivity contribution in [1.82, 2.24) is 9.88 Å². The molecule has 9 heteroatoms. The van der Waals surface area contributed by atoms with Crippen molar-refractivity contribution in [3.8, 4) is 16.9 Å². The van der Waals surface area contributed by atoms with Crippen LogP contribution < -0.4 is 10.1 Å². The molecule has 2 amide bonds. The average molecular weight is 483 g/mol. The fraction of sp³-hybridized carbons (Fsp3) is 0.125. The van der Waals surface area contributed by atoms with Crippen molar-refractivity contribution < 1.29 is 24.2 Å². The van der Waals surface area contributed by atoms with Gasteiger partial charge in [-0.25, -0.2) is 0 Å². The minimum absolute atomic E-state index is 0.130. The Bertz CT molecular complexity index is 1500. The number of nitrogens with zero attached hydrogens (tertiary/aromatic N) is 1. The van der Waals surface area contributed by atoms with Gasteiger partial charge in [-0.1, -0.05) is 29.3 Å². The number of hydrogen-bond acceptors (Lipinski definition) is 4. The number of carboxylic acids is 1. The molecule has 33 heavy (non-hydrogen) atoms. The number of ether oxygens (including phenoxy) is 1. The number of benzene rings is 3. The number of aromatic nitrogens is 1. The van der Waals surface area contributed by atoms with Gasteiger partial charge in [0, 0.05) is 44.0 Å². The van der Waals surface area contributed by atoms with Crippen LogP contribution in [-0.2, 0) is 11.3 Å². The number of fused-ring (bicyclic) bond motifs is 5. The van der Waals surface area contributed by atoms with Crippen LogP contribution in [-0.4, -0.2) is 34.6 Å². The molecular weight excluding hydrogens is 467 g/mol. The minimum atomic E-state index is -0.957. The van der Waals surface area contributed by atoms with Gasteiger partial charge in [0.05, 0.1) is 30.2 Å². The third-order valence-corrected chi connectivity index (χ3v) is 6.45. The summed E-state index contributed by atoms with van der Waals surface area (Å²) < 4.78 is 7.19. The molecule has 0 fully saturated rings.